The number of hydrogen-bond donors (Lipinski definition) is 2. The summed E-state index contributed by atoms with van der Waals surface area (Å²) in [6, 6.07) is 3.74. The summed E-state index contributed by atoms with van der Waals surface area (Å²) in [6.07, 6.45) is 3.41. The molecule has 0 bridgehead atoms. The summed E-state index contributed by atoms with van der Waals surface area (Å²) in [5, 5.41) is 2.84. The maximum Gasteiger partial charge on any atom is 0.227 e. The third-order valence-electron chi connectivity index (χ3n) is 2.33. The first-order valence-electron chi connectivity index (χ1n) is 4.93. The van der Waals surface area contributed by atoms with E-state index in [1.165, 1.54) is 0 Å². The number of nitrogens with two attached hydrogens (primary N) is 1. The summed E-state index contributed by atoms with van der Waals surface area (Å²) in [5.74, 6) is -0.0261. The summed E-state index contributed by atoms with van der Waals surface area (Å²) in [6.45, 7) is 4.52. The Labute approximate surface area is 89.9 Å². The van der Waals surface area contributed by atoms with Crippen molar-refractivity contribution >= 4 is 5.91 Å². The minimum atomic E-state index is -0.507. The first-order valence-corrected chi connectivity index (χ1v) is 4.93. The van der Waals surface area contributed by atoms with E-state index in [2.05, 4.69) is 10.3 Å². The van der Waals surface area contributed by atoms with Crippen molar-refractivity contribution in [2.45, 2.75) is 20.4 Å². The second-order valence-electron chi connectivity index (χ2n) is 4.13. The van der Waals surface area contributed by atoms with E-state index in [-0.39, 0.29) is 5.91 Å². The van der Waals surface area contributed by atoms with Gasteiger partial charge in [0.2, 0.25) is 5.91 Å². The molecule has 15 heavy (non-hydrogen) atoms. The number of carbonyl (C=O) groups excluding carboxylic acids is 1. The molecule has 0 saturated carbocycles. The molecule has 0 fully saturated rings. The number of rotatable bonds is 4. The maximum absolute atomic E-state index is 11.7. The van der Waals surface area contributed by atoms with Crippen LogP contribution in [0.15, 0.2) is 24.5 Å². The van der Waals surface area contributed by atoms with Crippen LogP contribution in [0.3, 0.4) is 0 Å². The molecule has 0 aliphatic heterocycles. The van der Waals surface area contributed by atoms with E-state index in [0.29, 0.717) is 13.1 Å². The summed E-state index contributed by atoms with van der Waals surface area (Å²) in [4.78, 5) is 15.6. The zero-order valence-corrected chi connectivity index (χ0v) is 9.16. The average Bonchev–Trinajstić information content (AvgIpc) is 2.27. The van der Waals surface area contributed by atoms with Crippen LogP contribution in [0.1, 0.15) is 19.4 Å². The zero-order chi connectivity index (χ0) is 11.3. The molecular weight excluding hydrogens is 190 g/mol. The second kappa shape index (κ2) is 4.89. The zero-order valence-electron chi connectivity index (χ0n) is 9.16. The van der Waals surface area contributed by atoms with E-state index in [1.807, 2.05) is 26.0 Å². The Morgan fingerprint density at radius 1 is 1.47 bits per heavy atom. The normalized spacial score (nSPS) is 11.1. The van der Waals surface area contributed by atoms with Crippen LogP contribution >= 0.6 is 0 Å². The van der Waals surface area contributed by atoms with E-state index in [1.54, 1.807) is 12.4 Å². The number of amides is 1. The standard InChI is InChI=1S/C11H17N3O/c1-11(2,8-12)10(15)14-7-9-3-5-13-6-4-9/h3-6H,7-8,12H2,1-2H3,(H,14,15). The molecule has 3 N–H and O–H groups in total. The molecule has 0 radical (unpaired) electrons. The van der Waals surface area contributed by atoms with Gasteiger partial charge in [0.25, 0.3) is 0 Å². The topological polar surface area (TPSA) is 68.0 Å². The Balaban J connectivity index is 2.48. The quantitative estimate of drug-likeness (QED) is 0.763. The Morgan fingerprint density at radius 3 is 2.60 bits per heavy atom. The van der Waals surface area contributed by atoms with E-state index >= 15 is 0 Å². The Hall–Kier alpha value is -1.42. The van der Waals surface area contributed by atoms with Crippen molar-refractivity contribution in [1.29, 1.82) is 0 Å². The molecule has 0 aliphatic rings. The molecule has 4 nitrogen and oxygen atoms in total. The number of pyridine rings is 1. The Morgan fingerprint density at radius 2 is 2.07 bits per heavy atom. The summed E-state index contributed by atoms with van der Waals surface area (Å²) in [5.41, 5.74) is 6.03. The van der Waals surface area contributed by atoms with Gasteiger partial charge in [-0.3, -0.25) is 9.78 Å². The van der Waals surface area contributed by atoms with Crippen molar-refractivity contribution in [3.05, 3.63) is 30.1 Å². The molecule has 0 unspecified atom stereocenters. The number of aromatic nitrogens is 1. The molecule has 1 aromatic rings. The third kappa shape index (κ3) is 3.32. The van der Waals surface area contributed by atoms with Gasteiger partial charge in [0.15, 0.2) is 0 Å². The highest BCUT2D eigenvalue weighted by Crippen LogP contribution is 2.12. The van der Waals surface area contributed by atoms with Crippen LogP contribution in [0.4, 0.5) is 0 Å². The van der Waals surface area contributed by atoms with Gasteiger partial charge in [-0.1, -0.05) is 0 Å². The molecule has 4 heteroatoms. The summed E-state index contributed by atoms with van der Waals surface area (Å²) >= 11 is 0. The van der Waals surface area contributed by atoms with Crippen LogP contribution in [-0.4, -0.2) is 17.4 Å². The number of hydrogen-bond acceptors (Lipinski definition) is 3. The Kier molecular flexibility index (Phi) is 3.80. The molecule has 1 amide bonds. The lowest BCUT2D eigenvalue weighted by molar-refractivity contribution is -0.129. The van der Waals surface area contributed by atoms with Gasteiger partial charge in [0, 0.05) is 25.5 Å². The first kappa shape index (κ1) is 11.7. The molecule has 1 rings (SSSR count). The van der Waals surface area contributed by atoms with Gasteiger partial charge >= 0.3 is 0 Å². The molecule has 82 valence electrons. The maximum atomic E-state index is 11.7. The highest BCUT2D eigenvalue weighted by atomic mass is 16.2. The predicted molar refractivity (Wildman–Crippen MR) is 58.9 cm³/mol. The van der Waals surface area contributed by atoms with Crippen LogP contribution in [0, 0.1) is 5.41 Å². The predicted octanol–water partition coefficient (Wildman–Crippen LogP) is 0.683. The van der Waals surface area contributed by atoms with Gasteiger partial charge in [-0.15, -0.1) is 0 Å². The van der Waals surface area contributed by atoms with Crippen molar-refractivity contribution in [2.75, 3.05) is 6.54 Å². The molecule has 0 saturated heterocycles. The molecule has 1 heterocycles. The lowest BCUT2D eigenvalue weighted by Crippen LogP contribution is -2.41. The minimum absolute atomic E-state index is 0.0261. The van der Waals surface area contributed by atoms with Gasteiger partial charge in [0.05, 0.1) is 5.41 Å². The fourth-order valence-electron chi connectivity index (χ4n) is 1.01. The monoisotopic (exact) mass is 207 g/mol. The van der Waals surface area contributed by atoms with Crippen molar-refractivity contribution in [3.63, 3.8) is 0 Å². The van der Waals surface area contributed by atoms with Crippen LogP contribution in [0.2, 0.25) is 0 Å². The van der Waals surface area contributed by atoms with E-state index in [0.717, 1.165) is 5.56 Å². The summed E-state index contributed by atoms with van der Waals surface area (Å²) < 4.78 is 0. The molecule has 0 atom stereocenters. The molecule has 0 aromatic carbocycles. The minimum Gasteiger partial charge on any atom is -0.352 e. The average molecular weight is 207 g/mol. The van der Waals surface area contributed by atoms with Crippen LogP contribution in [0.25, 0.3) is 0 Å². The molecular formula is C11H17N3O. The van der Waals surface area contributed by atoms with Crippen molar-refractivity contribution < 1.29 is 4.79 Å². The van der Waals surface area contributed by atoms with Gasteiger partial charge < -0.3 is 11.1 Å². The first-order chi connectivity index (χ1) is 7.06. The third-order valence-corrected chi connectivity index (χ3v) is 2.33. The lowest BCUT2D eigenvalue weighted by atomic mass is 9.92. The highest BCUT2D eigenvalue weighted by Gasteiger charge is 2.25. The fourth-order valence-corrected chi connectivity index (χ4v) is 1.01. The van der Waals surface area contributed by atoms with Crippen molar-refractivity contribution in [2.24, 2.45) is 11.1 Å². The van der Waals surface area contributed by atoms with E-state index in [9.17, 15) is 4.79 Å². The number of carbonyl (C=O) groups is 1. The van der Waals surface area contributed by atoms with Gasteiger partial charge in [0.1, 0.15) is 0 Å². The molecule has 0 spiro atoms. The van der Waals surface area contributed by atoms with Gasteiger partial charge in [-0.2, -0.15) is 0 Å². The van der Waals surface area contributed by atoms with E-state index < -0.39 is 5.41 Å². The van der Waals surface area contributed by atoms with E-state index in [4.69, 9.17) is 5.73 Å². The van der Waals surface area contributed by atoms with Crippen LogP contribution in [-0.2, 0) is 11.3 Å². The molecule has 0 aliphatic carbocycles. The van der Waals surface area contributed by atoms with Crippen LogP contribution in [0.5, 0.6) is 0 Å². The smallest absolute Gasteiger partial charge is 0.227 e. The molecule has 1 aromatic heterocycles. The SMILES string of the molecule is CC(C)(CN)C(=O)NCc1ccncc1. The fraction of sp³-hybridized carbons (Fsp3) is 0.455. The van der Waals surface area contributed by atoms with Gasteiger partial charge in [-0.05, 0) is 31.5 Å². The van der Waals surface area contributed by atoms with Crippen LogP contribution < -0.4 is 11.1 Å². The van der Waals surface area contributed by atoms with Crippen molar-refractivity contribution in [3.8, 4) is 0 Å². The number of nitrogens with one attached hydrogen (secondary N) is 1. The number of nitrogens with zero attached hydrogens (tertiary/aromatic N) is 1. The lowest BCUT2D eigenvalue weighted by Gasteiger charge is -2.21. The van der Waals surface area contributed by atoms with Crippen molar-refractivity contribution in [1.82, 2.24) is 10.3 Å². The highest BCUT2D eigenvalue weighted by molar-refractivity contribution is 5.81. The Bertz CT molecular complexity index is 322. The summed E-state index contributed by atoms with van der Waals surface area (Å²) in [7, 11) is 0. The van der Waals surface area contributed by atoms with Gasteiger partial charge in [-0.25, -0.2) is 0 Å². The second-order valence-corrected chi connectivity index (χ2v) is 4.13. The largest absolute Gasteiger partial charge is 0.352 e.